The van der Waals surface area contributed by atoms with Crippen molar-refractivity contribution in [3.8, 4) is 44.5 Å². The maximum Gasteiger partial charge on any atom is 0.0508 e. The number of nitrogens with zero attached hydrogens (tertiary/aromatic N) is 1. The molecule has 0 amide bonds. The Labute approximate surface area is 294 Å². The van der Waals surface area contributed by atoms with E-state index in [1.807, 2.05) is 0 Å². The van der Waals surface area contributed by atoms with Crippen molar-refractivity contribution in [2.75, 3.05) is 4.90 Å². The SMILES string of the molecule is CC1(C)c2ccccc2-c2cccc(N(c3cccc(-c4cccc(-c5ccccc5)c4)c3)c3cccc(-c4cccc5ccccc45)c3)c21. The Morgan fingerprint density at radius 1 is 0.380 bits per heavy atom. The van der Waals surface area contributed by atoms with Gasteiger partial charge in [0, 0.05) is 16.8 Å². The van der Waals surface area contributed by atoms with Crippen LogP contribution in [0.25, 0.3) is 55.3 Å². The van der Waals surface area contributed by atoms with Gasteiger partial charge in [-0.15, -0.1) is 0 Å². The van der Waals surface area contributed by atoms with E-state index in [0.717, 1.165) is 11.4 Å². The lowest BCUT2D eigenvalue weighted by Gasteiger charge is -2.32. The summed E-state index contributed by atoms with van der Waals surface area (Å²) in [5.41, 5.74) is 15.9. The molecule has 8 aromatic rings. The van der Waals surface area contributed by atoms with E-state index in [1.54, 1.807) is 0 Å². The van der Waals surface area contributed by atoms with E-state index in [0.29, 0.717) is 0 Å². The van der Waals surface area contributed by atoms with Gasteiger partial charge in [0.05, 0.1) is 5.69 Å². The molecule has 0 spiro atoms. The first kappa shape index (κ1) is 29.9. The van der Waals surface area contributed by atoms with E-state index >= 15 is 0 Å². The minimum absolute atomic E-state index is 0.171. The molecule has 1 nitrogen and oxygen atoms in total. The quantitative estimate of drug-likeness (QED) is 0.175. The van der Waals surface area contributed by atoms with Gasteiger partial charge in [-0.3, -0.25) is 0 Å². The second-order valence-corrected chi connectivity index (χ2v) is 13.8. The number of rotatable bonds is 6. The number of fused-ring (bicyclic) bond motifs is 4. The van der Waals surface area contributed by atoms with Crippen molar-refractivity contribution in [1.82, 2.24) is 0 Å². The zero-order chi connectivity index (χ0) is 33.7. The van der Waals surface area contributed by atoms with Crippen molar-refractivity contribution in [3.63, 3.8) is 0 Å². The fourth-order valence-electron chi connectivity index (χ4n) is 8.06. The second-order valence-electron chi connectivity index (χ2n) is 13.8. The lowest BCUT2D eigenvalue weighted by molar-refractivity contribution is 0.661. The zero-order valence-corrected chi connectivity index (χ0v) is 28.3. The normalized spacial score (nSPS) is 12.8. The largest absolute Gasteiger partial charge is 0.310 e. The minimum Gasteiger partial charge on any atom is -0.310 e. The smallest absolute Gasteiger partial charge is 0.0508 e. The van der Waals surface area contributed by atoms with Crippen LogP contribution in [0.5, 0.6) is 0 Å². The van der Waals surface area contributed by atoms with E-state index < -0.39 is 0 Å². The highest BCUT2D eigenvalue weighted by atomic mass is 15.1. The van der Waals surface area contributed by atoms with Gasteiger partial charge in [-0.25, -0.2) is 0 Å². The maximum atomic E-state index is 2.48. The third-order valence-electron chi connectivity index (χ3n) is 10.4. The molecule has 0 saturated carbocycles. The molecule has 0 N–H and O–H groups in total. The van der Waals surface area contributed by atoms with Crippen LogP contribution in [0.15, 0.2) is 188 Å². The van der Waals surface area contributed by atoms with Gasteiger partial charge < -0.3 is 4.90 Å². The lowest BCUT2D eigenvalue weighted by Crippen LogP contribution is -2.20. The van der Waals surface area contributed by atoms with Crippen molar-refractivity contribution in [3.05, 3.63) is 199 Å². The molecule has 1 aliphatic rings. The van der Waals surface area contributed by atoms with Gasteiger partial charge in [-0.2, -0.15) is 0 Å². The Morgan fingerprint density at radius 2 is 0.900 bits per heavy atom. The van der Waals surface area contributed by atoms with Crippen LogP contribution in [0, 0.1) is 0 Å². The summed E-state index contributed by atoms with van der Waals surface area (Å²) in [7, 11) is 0. The summed E-state index contributed by atoms with van der Waals surface area (Å²) in [6.45, 7) is 4.74. The topological polar surface area (TPSA) is 3.24 Å². The standard InChI is InChI=1S/C49H37N/c1-49(2)46-29-9-8-26-44(46)45-28-14-30-47(48(45)49)50(41-24-12-22-39(33-41)43-27-13-18-35-17-6-7-25-42(35)43)40-23-11-21-38(32-40)37-20-10-19-36(31-37)34-15-4-3-5-16-34/h3-33H,1-2H3. The highest BCUT2D eigenvalue weighted by Crippen LogP contribution is 2.54. The Balaban J connectivity index is 1.25. The summed E-state index contributed by atoms with van der Waals surface area (Å²) < 4.78 is 0. The molecule has 9 rings (SSSR count). The van der Waals surface area contributed by atoms with Crippen molar-refractivity contribution in [2.45, 2.75) is 19.3 Å². The number of benzene rings is 8. The van der Waals surface area contributed by atoms with Crippen LogP contribution in [0.4, 0.5) is 17.1 Å². The van der Waals surface area contributed by atoms with Crippen LogP contribution in [0.2, 0.25) is 0 Å². The Morgan fingerprint density at radius 3 is 1.72 bits per heavy atom. The summed E-state index contributed by atoms with van der Waals surface area (Å²) in [5, 5.41) is 2.51. The molecule has 238 valence electrons. The van der Waals surface area contributed by atoms with Crippen LogP contribution >= 0.6 is 0 Å². The lowest BCUT2D eigenvalue weighted by atomic mass is 9.81. The predicted molar refractivity (Wildman–Crippen MR) is 213 cm³/mol. The van der Waals surface area contributed by atoms with Crippen molar-refractivity contribution < 1.29 is 0 Å². The summed E-state index contributed by atoms with van der Waals surface area (Å²) in [5.74, 6) is 0. The Kier molecular flexibility index (Phi) is 7.21. The molecule has 1 aliphatic carbocycles. The molecule has 0 aliphatic heterocycles. The average molecular weight is 640 g/mol. The first-order chi connectivity index (χ1) is 24.6. The zero-order valence-electron chi connectivity index (χ0n) is 28.3. The van der Waals surface area contributed by atoms with E-state index in [1.165, 1.54) is 72.1 Å². The Hall–Kier alpha value is -6.18. The van der Waals surface area contributed by atoms with Crippen LogP contribution < -0.4 is 4.90 Å². The average Bonchev–Trinajstić information content (AvgIpc) is 3.42. The monoisotopic (exact) mass is 639 g/mol. The van der Waals surface area contributed by atoms with Crippen LogP contribution in [-0.4, -0.2) is 0 Å². The van der Waals surface area contributed by atoms with Gasteiger partial charge >= 0.3 is 0 Å². The van der Waals surface area contributed by atoms with E-state index in [-0.39, 0.29) is 5.41 Å². The number of hydrogen-bond donors (Lipinski definition) is 0. The molecule has 1 heteroatoms. The van der Waals surface area contributed by atoms with E-state index in [9.17, 15) is 0 Å². The van der Waals surface area contributed by atoms with Crippen molar-refractivity contribution in [1.29, 1.82) is 0 Å². The van der Waals surface area contributed by atoms with E-state index in [4.69, 9.17) is 0 Å². The molecular formula is C49H37N. The summed E-state index contributed by atoms with van der Waals surface area (Å²) in [6, 6.07) is 68.6. The first-order valence-corrected chi connectivity index (χ1v) is 17.4. The van der Waals surface area contributed by atoms with Crippen LogP contribution in [0.1, 0.15) is 25.0 Å². The van der Waals surface area contributed by atoms with Gasteiger partial charge in [0.2, 0.25) is 0 Å². The summed E-state index contributed by atoms with van der Waals surface area (Å²) in [6.07, 6.45) is 0. The molecule has 8 aromatic carbocycles. The molecule has 50 heavy (non-hydrogen) atoms. The van der Waals surface area contributed by atoms with Gasteiger partial charge in [0.1, 0.15) is 0 Å². The van der Waals surface area contributed by atoms with E-state index in [2.05, 4.69) is 207 Å². The first-order valence-electron chi connectivity index (χ1n) is 17.4. The Bertz CT molecular complexity index is 2520. The molecule has 0 unspecified atom stereocenters. The second kappa shape index (κ2) is 12.1. The molecule has 0 radical (unpaired) electrons. The molecule has 0 aromatic heterocycles. The fraction of sp³-hybridized carbons (Fsp3) is 0.0612. The molecule has 0 saturated heterocycles. The van der Waals surface area contributed by atoms with Gasteiger partial charge in [0.25, 0.3) is 0 Å². The van der Waals surface area contributed by atoms with Crippen LogP contribution in [-0.2, 0) is 5.41 Å². The van der Waals surface area contributed by atoms with Gasteiger partial charge in [-0.1, -0.05) is 166 Å². The molecule has 0 bridgehead atoms. The molecular weight excluding hydrogens is 603 g/mol. The maximum absolute atomic E-state index is 2.48. The van der Waals surface area contributed by atoms with Gasteiger partial charge in [0.15, 0.2) is 0 Å². The van der Waals surface area contributed by atoms with Crippen LogP contribution in [0.3, 0.4) is 0 Å². The number of anilines is 3. The third kappa shape index (κ3) is 5.02. The molecule has 0 heterocycles. The highest BCUT2D eigenvalue weighted by molar-refractivity contribution is 5.98. The fourth-order valence-corrected chi connectivity index (χ4v) is 8.06. The number of hydrogen-bond acceptors (Lipinski definition) is 1. The summed E-state index contributed by atoms with van der Waals surface area (Å²) in [4.78, 5) is 2.48. The predicted octanol–water partition coefficient (Wildman–Crippen LogP) is 13.6. The molecule has 0 fully saturated rings. The highest BCUT2D eigenvalue weighted by Gasteiger charge is 2.38. The third-order valence-corrected chi connectivity index (χ3v) is 10.4. The van der Waals surface area contributed by atoms with Crippen molar-refractivity contribution >= 4 is 27.8 Å². The summed E-state index contributed by atoms with van der Waals surface area (Å²) >= 11 is 0. The minimum atomic E-state index is -0.171. The van der Waals surface area contributed by atoms with Crippen molar-refractivity contribution in [2.24, 2.45) is 0 Å². The molecule has 0 atom stereocenters. The van der Waals surface area contributed by atoms with Gasteiger partial charge in [-0.05, 0) is 103 Å².